The zero-order valence-electron chi connectivity index (χ0n) is 11.7. The topological polar surface area (TPSA) is 86.5 Å². The molecule has 6 nitrogen and oxygen atoms in total. The largest absolute Gasteiger partial charge is 0.450 e. The van der Waals surface area contributed by atoms with Gasteiger partial charge in [-0.2, -0.15) is 0 Å². The Morgan fingerprint density at radius 1 is 1.23 bits per heavy atom. The molecule has 0 saturated carbocycles. The van der Waals surface area contributed by atoms with Gasteiger partial charge in [0, 0.05) is 10.7 Å². The van der Waals surface area contributed by atoms with E-state index in [1.165, 1.54) is 18.2 Å². The molecule has 2 aromatic carbocycles. The van der Waals surface area contributed by atoms with Crippen LogP contribution in [-0.4, -0.2) is 19.6 Å². The molecule has 0 spiro atoms. The summed E-state index contributed by atoms with van der Waals surface area (Å²) in [6.45, 7) is 1.85. The first kappa shape index (κ1) is 16.4. The number of ether oxygens (including phenoxy) is 1. The van der Waals surface area contributed by atoms with Crippen LogP contribution in [0.1, 0.15) is 5.56 Å². The van der Waals surface area contributed by atoms with Gasteiger partial charge in [0.2, 0.25) is 5.75 Å². The van der Waals surface area contributed by atoms with Crippen molar-refractivity contribution in [2.45, 2.75) is 11.8 Å². The van der Waals surface area contributed by atoms with Crippen molar-refractivity contribution in [2.75, 3.05) is 6.26 Å². The van der Waals surface area contributed by atoms with Crippen molar-refractivity contribution in [2.24, 2.45) is 0 Å². The highest BCUT2D eigenvalue weighted by atomic mass is 79.9. The number of rotatable bonds is 4. The summed E-state index contributed by atoms with van der Waals surface area (Å²) in [6.07, 6.45) is 0.920. The van der Waals surface area contributed by atoms with Crippen molar-refractivity contribution < 1.29 is 18.1 Å². The van der Waals surface area contributed by atoms with Crippen LogP contribution in [0.3, 0.4) is 0 Å². The lowest BCUT2D eigenvalue weighted by molar-refractivity contribution is -0.388. The van der Waals surface area contributed by atoms with E-state index >= 15 is 0 Å². The minimum Gasteiger partial charge on any atom is -0.450 e. The molecule has 0 aliphatic rings. The van der Waals surface area contributed by atoms with Gasteiger partial charge >= 0.3 is 5.69 Å². The summed E-state index contributed by atoms with van der Waals surface area (Å²) in [5.74, 6) is 0.268. The summed E-state index contributed by atoms with van der Waals surface area (Å²) < 4.78 is 29.8. The van der Waals surface area contributed by atoms with Crippen LogP contribution in [0.4, 0.5) is 5.69 Å². The maximum absolute atomic E-state index is 11.7. The number of benzene rings is 2. The number of nitrogens with zero attached hydrogens (tertiary/aromatic N) is 1. The van der Waals surface area contributed by atoms with Crippen LogP contribution in [0.5, 0.6) is 11.5 Å². The zero-order valence-corrected chi connectivity index (χ0v) is 14.1. The van der Waals surface area contributed by atoms with E-state index in [4.69, 9.17) is 4.74 Å². The summed E-state index contributed by atoms with van der Waals surface area (Å²) in [5, 5.41) is 11.3. The van der Waals surface area contributed by atoms with Crippen molar-refractivity contribution in [3.8, 4) is 11.5 Å². The van der Waals surface area contributed by atoms with Gasteiger partial charge in [-0.05, 0) is 42.8 Å². The maximum Gasteiger partial charge on any atom is 0.330 e. The molecular weight excluding hydrogens is 374 g/mol. The highest BCUT2D eigenvalue weighted by Gasteiger charge is 2.27. The second kappa shape index (κ2) is 6.05. The summed E-state index contributed by atoms with van der Waals surface area (Å²) in [4.78, 5) is 10.1. The van der Waals surface area contributed by atoms with E-state index in [1.807, 2.05) is 6.92 Å². The standard InChI is InChI=1S/C14H12BrNO5S/c1-9-8-10(6-7-11(9)15)21-12-4-3-5-13(22(2,19)20)14(12)16(17)18/h3-8H,1-2H3. The lowest BCUT2D eigenvalue weighted by Crippen LogP contribution is -2.04. The molecule has 22 heavy (non-hydrogen) atoms. The van der Waals surface area contributed by atoms with E-state index < -0.39 is 20.4 Å². The van der Waals surface area contributed by atoms with Crippen molar-refractivity contribution >= 4 is 31.5 Å². The van der Waals surface area contributed by atoms with Gasteiger partial charge in [0.05, 0.1) is 4.92 Å². The van der Waals surface area contributed by atoms with Crippen LogP contribution in [0, 0.1) is 17.0 Å². The Morgan fingerprint density at radius 3 is 2.45 bits per heavy atom. The lowest BCUT2D eigenvalue weighted by atomic mass is 10.2. The quantitative estimate of drug-likeness (QED) is 0.588. The highest BCUT2D eigenvalue weighted by molar-refractivity contribution is 9.10. The first-order chi connectivity index (χ1) is 10.2. The van der Waals surface area contributed by atoms with Crippen molar-refractivity contribution in [1.29, 1.82) is 0 Å². The highest BCUT2D eigenvalue weighted by Crippen LogP contribution is 2.37. The first-order valence-corrected chi connectivity index (χ1v) is 8.80. The molecule has 0 atom stereocenters. The van der Waals surface area contributed by atoms with Crippen LogP contribution in [-0.2, 0) is 9.84 Å². The van der Waals surface area contributed by atoms with Gasteiger partial charge in [-0.15, -0.1) is 0 Å². The smallest absolute Gasteiger partial charge is 0.330 e. The number of nitro groups is 1. The third kappa shape index (κ3) is 3.45. The average molecular weight is 386 g/mol. The molecule has 0 heterocycles. The van der Waals surface area contributed by atoms with E-state index in [1.54, 1.807) is 18.2 Å². The molecule has 2 aromatic rings. The van der Waals surface area contributed by atoms with Crippen LogP contribution >= 0.6 is 15.9 Å². The minimum absolute atomic E-state index is 0.116. The Hall–Kier alpha value is -1.93. The molecule has 0 unspecified atom stereocenters. The molecule has 0 amide bonds. The van der Waals surface area contributed by atoms with Gasteiger partial charge in [-0.1, -0.05) is 22.0 Å². The van der Waals surface area contributed by atoms with E-state index in [-0.39, 0.29) is 10.6 Å². The van der Waals surface area contributed by atoms with Gasteiger partial charge < -0.3 is 4.74 Å². The van der Waals surface area contributed by atoms with Crippen molar-refractivity contribution in [1.82, 2.24) is 0 Å². The molecule has 0 radical (unpaired) electrons. The Balaban J connectivity index is 2.56. The molecule has 0 aliphatic heterocycles. The third-order valence-corrected chi connectivity index (χ3v) is 4.92. The molecule has 8 heteroatoms. The molecule has 0 fully saturated rings. The summed E-state index contributed by atoms with van der Waals surface area (Å²) in [7, 11) is -3.74. The maximum atomic E-state index is 11.7. The van der Waals surface area contributed by atoms with E-state index in [0.717, 1.165) is 16.3 Å². The van der Waals surface area contributed by atoms with E-state index in [9.17, 15) is 18.5 Å². The fourth-order valence-electron chi connectivity index (χ4n) is 1.87. The van der Waals surface area contributed by atoms with Gasteiger partial charge in [-0.3, -0.25) is 10.1 Å². The van der Waals surface area contributed by atoms with E-state index in [2.05, 4.69) is 15.9 Å². The monoisotopic (exact) mass is 385 g/mol. The van der Waals surface area contributed by atoms with Gasteiger partial charge in [0.25, 0.3) is 0 Å². The molecule has 2 rings (SSSR count). The molecular formula is C14H12BrNO5S. The third-order valence-electron chi connectivity index (χ3n) is 2.90. The summed E-state index contributed by atoms with van der Waals surface area (Å²) in [6, 6.07) is 9.04. The SMILES string of the molecule is Cc1cc(Oc2cccc(S(C)(=O)=O)c2[N+](=O)[O-])ccc1Br. The Labute approximate surface area is 135 Å². The van der Waals surface area contributed by atoms with Crippen molar-refractivity contribution in [3.05, 3.63) is 56.5 Å². The molecule has 116 valence electrons. The van der Waals surface area contributed by atoms with Gasteiger partial charge in [0.1, 0.15) is 10.6 Å². The predicted molar refractivity (Wildman–Crippen MR) is 85.2 cm³/mol. The number of nitro benzene ring substituents is 1. The fourth-order valence-corrected chi connectivity index (χ4v) is 2.97. The molecule has 0 bridgehead atoms. The predicted octanol–water partition coefficient (Wildman–Crippen LogP) is 3.86. The molecule has 0 saturated heterocycles. The number of hydrogen-bond acceptors (Lipinski definition) is 5. The Kier molecular flexibility index (Phi) is 4.52. The summed E-state index contributed by atoms with van der Waals surface area (Å²) >= 11 is 3.35. The second-order valence-electron chi connectivity index (χ2n) is 4.65. The molecule has 0 N–H and O–H groups in total. The number of hydrogen-bond donors (Lipinski definition) is 0. The molecule has 0 aromatic heterocycles. The summed E-state index contributed by atoms with van der Waals surface area (Å²) in [5.41, 5.74) is 0.324. The number of sulfone groups is 1. The Bertz CT molecular complexity index is 848. The first-order valence-electron chi connectivity index (χ1n) is 6.11. The van der Waals surface area contributed by atoms with Crippen molar-refractivity contribution in [3.63, 3.8) is 0 Å². The van der Waals surface area contributed by atoms with Gasteiger partial charge in [-0.25, -0.2) is 8.42 Å². The number of halogens is 1. The van der Waals surface area contributed by atoms with Crippen LogP contribution in [0.25, 0.3) is 0 Å². The van der Waals surface area contributed by atoms with E-state index in [0.29, 0.717) is 5.75 Å². The number of para-hydroxylation sites is 1. The van der Waals surface area contributed by atoms with Crippen LogP contribution in [0.15, 0.2) is 45.8 Å². The number of aryl methyl sites for hydroxylation is 1. The zero-order chi connectivity index (χ0) is 16.5. The minimum atomic E-state index is -3.74. The normalized spacial score (nSPS) is 11.2. The van der Waals surface area contributed by atoms with Crippen LogP contribution in [0.2, 0.25) is 0 Å². The average Bonchev–Trinajstić information content (AvgIpc) is 2.41. The van der Waals surface area contributed by atoms with Crippen LogP contribution < -0.4 is 4.74 Å². The molecule has 0 aliphatic carbocycles. The Morgan fingerprint density at radius 2 is 1.91 bits per heavy atom. The lowest BCUT2D eigenvalue weighted by Gasteiger charge is -2.09. The van der Waals surface area contributed by atoms with Gasteiger partial charge in [0.15, 0.2) is 9.84 Å². The fraction of sp³-hybridized carbons (Fsp3) is 0.143. The second-order valence-corrected chi connectivity index (χ2v) is 7.48.